The van der Waals surface area contributed by atoms with Gasteiger partial charge in [0.25, 0.3) is 0 Å². The molecule has 0 radical (unpaired) electrons. The van der Waals surface area contributed by atoms with Gasteiger partial charge in [-0.1, -0.05) is 43.5 Å². The van der Waals surface area contributed by atoms with Crippen molar-refractivity contribution in [2.24, 2.45) is 0 Å². The minimum atomic E-state index is 0.392. The fourth-order valence-corrected chi connectivity index (χ4v) is 3.81. The van der Waals surface area contributed by atoms with Gasteiger partial charge in [-0.25, -0.2) is 0 Å². The summed E-state index contributed by atoms with van der Waals surface area (Å²) in [5.41, 5.74) is 3.32. The summed E-state index contributed by atoms with van der Waals surface area (Å²) in [6.45, 7) is 3.92. The predicted molar refractivity (Wildman–Crippen MR) is 73.4 cm³/mol. The Hall–Kier alpha value is -1.24. The number of rotatable bonds is 2. The standard InChI is InChI=1S/C16H21N/c1-2-8-15-16(11-6-3-7-12-16)13-9-4-5-10-14(13)17-15/h2,4-5,9-10,15,17H,1,3,6-8,11-12H2. The fourth-order valence-electron chi connectivity index (χ4n) is 3.81. The summed E-state index contributed by atoms with van der Waals surface area (Å²) in [6, 6.07) is 9.45. The summed E-state index contributed by atoms with van der Waals surface area (Å²) in [5.74, 6) is 0. The van der Waals surface area contributed by atoms with Gasteiger partial charge in [-0.15, -0.1) is 6.58 Å². The number of fused-ring (bicyclic) bond motifs is 2. The van der Waals surface area contributed by atoms with E-state index in [4.69, 9.17) is 0 Å². The van der Waals surface area contributed by atoms with Crippen LogP contribution < -0.4 is 5.32 Å². The van der Waals surface area contributed by atoms with Gasteiger partial charge in [-0.2, -0.15) is 0 Å². The van der Waals surface area contributed by atoms with Gasteiger partial charge in [-0.05, 0) is 30.9 Å². The second-order valence-electron chi connectivity index (χ2n) is 5.48. The largest absolute Gasteiger partial charge is 0.381 e. The predicted octanol–water partition coefficient (Wildman–Crippen LogP) is 4.26. The normalized spacial score (nSPS) is 25.3. The van der Waals surface area contributed by atoms with Gasteiger partial charge in [0.05, 0.1) is 0 Å². The van der Waals surface area contributed by atoms with Crippen molar-refractivity contribution < 1.29 is 0 Å². The monoisotopic (exact) mass is 227 g/mol. The molecule has 1 aromatic rings. The summed E-state index contributed by atoms with van der Waals surface area (Å²) >= 11 is 0. The van der Waals surface area contributed by atoms with Gasteiger partial charge in [0.1, 0.15) is 0 Å². The summed E-state index contributed by atoms with van der Waals surface area (Å²) in [6.07, 6.45) is 10.00. The molecule has 1 N–H and O–H groups in total. The average Bonchev–Trinajstić information content (AvgIpc) is 2.66. The maximum atomic E-state index is 3.92. The Morgan fingerprint density at radius 1 is 1.24 bits per heavy atom. The molecule has 17 heavy (non-hydrogen) atoms. The molecule has 2 aliphatic rings. The highest BCUT2D eigenvalue weighted by Crippen LogP contribution is 2.50. The van der Waals surface area contributed by atoms with Gasteiger partial charge < -0.3 is 5.32 Å². The number of nitrogens with one attached hydrogen (secondary N) is 1. The van der Waals surface area contributed by atoms with E-state index in [9.17, 15) is 0 Å². The quantitative estimate of drug-likeness (QED) is 0.744. The van der Waals surface area contributed by atoms with E-state index in [1.165, 1.54) is 37.8 Å². The topological polar surface area (TPSA) is 12.0 Å². The summed E-state index contributed by atoms with van der Waals surface area (Å²) in [4.78, 5) is 0. The Balaban J connectivity index is 2.03. The van der Waals surface area contributed by atoms with Gasteiger partial charge in [-0.3, -0.25) is 0 Å². The summed E-state index contributed by atoms with van der Waals surface area (Å²) < 4.78 is 0. The van der Waals surface area contributed by atoms with Crippen molar-refractivity contribution in [1.82, 2.24) is 0 Å². The zero-order chi connectivity index (χ0) is 11.7. The van der Waals surface area contributed by atoms with E-state index in [-0.39, 0.29) is 0 Å². The van der Waals surface area contributed by atoms with Gasteiger partial charge in [0, 0.05) is 17.1 Å². The second-order valence-corrected chi connectivity index (χ2v) is 5.48. The van der Waals surface area contributed by atoms with Crippen molar-refractivity contribution in [2.75, 3.05) is 5.32 Å². The zero-order valence-corrected chi connectivity index (χ0v) is 10.4. The Kier molecular flexibility index (Phi) is 2.70. The highest BCUT2D eigenvalue weighted by Gasteiger charge is 2.46. The lowest BCUT2D eigenvalue weighted by molar-refractivity contribution is 0.268. The number of anilines is 1. The van der Waals surface area contributed by atoms with Crippen LogP contribution in [0, 0.1) is 0 Å². The maximum absolute atomic E-state index is 3.92. The molecule has 1 aromatic carbocycles. The first-order valence-electron chi connectivity index (χ1n) is 6.84. The lowest BCUT2D eigenvalue weighted by Gasteiger charge is -2.39. The van der Waals surface area contributed by atoms with Crippen LogP contribution in [0.25, 0.3) is 0 Å². The number of hydrogen-bond donors (Lipinski definition) is 1. The molecule has 1 nitrogen and oxygen atoms in total. The third-order valence-corrected chi connectivity index (χ3v) is 4.61. The van der Waals surface area contributed by atoms with E-state index in [0.29, 0.717) is 11.5 Å². The first kappa shape index (κ1) is 10.9. The minimum Gasteiger partial charge on any atom is -0.381 e. The highest BCUT2D eigenvalue weighted by molar-refractivity contribution is 5.62. The molecular formula is C16H21N. The Bertz CT molecular complexity index is 415. The van der Waals surface area contributed by atoms with Crippen LogP contribution in [0.1, 0.15) is 44.1 Å². The van der Waals surface area contributed by atoms with Crippen molar-refractivity contribution in [3.05, 3.63) is 42.5 Å². The van der Waals surface area contributed by atoms with E-state index in [0.717, 1.165) is 6.42 Å². The lowest BCUT2D eigenvalue weighted by atomic mass is 9.66. The van der Waals surface area contributed by atoms with E-state index in [1.807, 2.05) is 0 Å². The van der Waals surface area contributed by atoms with Crippen molar-refractivity contribution in [3.63, 3.8) is 0 Å². The molecule has 1 heterocycles. The first-order chi connectivity index (χ1) is 8.37. The van der Waals surface area contributed by atoms with Crippen LogP contribution >= 0.6 is 0 Å². The molecule has 0 saturated heterocycles. The lowest BCUT2D eigenvalue weighted by Crippen LogP contribution is -2.40. The number of hydrogen-bond acceptors (Lipinski definition) is 1. The zero-order valence-electron chi connectivity index (χ0n) is 10.4. The van der Waals surface area contributed by atoms with E-state index in [1.54, 1.807) is 5.56 Å². The number of benzene rings is 1. The molecule has 1 unspecified atom stereocenters. The molecule has 0 amide bonds. The highest BCUT2D eigenvalue weighted by atomic mass is 15.0. The third-order valence-electron chi connectivity index (χ3n) is 4.61. The van der Waals surface area contributed by atoms with Crippen LogP contribution in [0.2, 0.25) is 0 Å². The van der Waals surface area contributed by atoms with Crippen molar-refractivity contribution in [1.29, 1.82) is 0 Å². The van der Waals surface area contributed by atoms with Crippen LogP contribution in [0.4, 0.5) is 5.69 Å². The molecule has 0 bridgehead atoms. The molecule has 1 heteroatoms. The molecule has 0 aromatic heterocycles. The minimum absolute atomic E-state index is 0.392. The molecule has 1 fully saturated rings. The van der Waals surface area contributed by atoms with Gasteiger partial charge in [0.2, 0.25) is 0 Å². The SMILES string of the molecule is C=CCC1Nc2ccccc2C12CCCCC2. The molecule has 1 saturated carbocycles. The van der Waals surface area contributed by atoms with Crippen LogP contribution in [0.3, 0.4) is 0 Å². The maximum Gasteiger partial charge on any atom is 0.0393 e. The molecule has 3 rings (SSSR count). The molecule has 1 spiro atoms. The smallest absolute Gasteiger partial charge is 0.0393 e. The van der Waals surface area contributed by atoms with E-state index in [2.05, 4.69) is 42.2 Å². The summed E-state index contributed by atoms with van der Waals surface area (Å²) in [5, 5.41) is 3.72. The van der Waals surface area contributed by atoms with Gasteiger partial charge in [0.15, 0.2) is 0 Å². The van der Waals surface area contributed by atoms with Crippen LogP contribution in [-0.4, -0.2) is 6.04 Å². The van der Waals surface area contributed by atoms with Gasteiger partial charge >= 0.3 is 0 Å². The number of para-hydroxylation sites is 1. The van der Waals surface area contributed by atoms with E-state index >= 15 is 0 Å². The van der Waals surface area contributed by atoms with Crippen LogP contribution in [0.5, 0.6) is 0 Å². The molecule has 1 atom stereocenters. The Morgan fingerprint density at radius 3 is 2.76 bits per heavy atom. The molecule has 1 aliphatic heterocycles. The fraction of sp³-hybridized carbons (Fsp3) is 0.500. The van der Waals surface area contributed by atoms with Crippen LogP contribution in [0.15, 0.2) is 36.9 Å². The Labute approximate surface area is 104 Å². The van der Waals surface area contributed by atoms with Crippen molar-refractivity contribution in [3.8, 4) is 0 Å². The summed E-state index contributed by atoms with van der Waals surface area (Å²) in [7, 11) is 0. The second kappa shape index (κ2) is 4.21. The van der Waals surface area contributed by atoms with E-state index < -0.39 is 0 Å². The molecular weight excluding hydrogens is 206 g/mol. The van der Waals surface area contributed by atoms with Crippen molar-refractivity contribution in [2.45, 2.75) is 50.0 Å². The third kappa shape index (κ3) is 1.60. The Morgan fingerprint density at radius 2 is 2.00 bits per heavy atom. The van der Waals surface area contributed by atoms with Crippen molar-refractivity contribution >= 4 is 5.69 Å². The average molecular weight is 227 g/mol. The molecule has 1 aliphatic carbocycles. The first-order valence-corrected chi connectivity index (χ1v) is 6.84. The molecule has 90 valence electrons. The van der Waals surface area contributed by atoms with Crippen LogP contribution in [-0.2, 0) is 5.41 Å².